The van der Waals surface area contributed by atoms with Crippen molar-refractivity contribution in [3.05, 3.63) is 18.2 Å². The number of nitrogens with one attached hydrogen (secondary N) is 1. The fraction of sp³-hybridized carbons (Fsp3) is 0.769. The largest absolute Gasteiger partial charge is 0.369 e. The summed E-state index contributed by atoms with van der Waals surface area (Å²) in [4.78, 5) is 4.30. The van der Waals surface area contributed by atoms with Gasteiger partial charge in [-0.15, -0.1) is 0 Å². The first-order chi connectivity index (χ1) is 8.27. The highest BCUT2D eigenvalue weighted by Gasteiger charge is 2.33. The van der Waals surface area contributed by atoms with Crippen LogP contribution in [-0.2, 0) is 11.3 Å². The van der Waals surface area contributed by atoms with Crippen molar-refractivity contribution >= 4 is 0 Å². The van der Waals surface area contributed by atoms with Gasteiger partial charge in [0.2, 0.25) is 0 Å². The van der Waals surface area contributed by atoms with Gasteiger partial charge < -0.3 is 14.6 Å². The molecule has 2 aliphatic rings. The number of hydrogen-bond donors (Lipinski definition) is 1. The van der Waals surface area contributed by atoms with Crippen LogP contribution in [0.5, 0.6) is 0 Å². The molecule has 1 aliphatic heterocycles. The first-order valence-corrected chi connectivity index (χ1v) is 6.59. The summed E-state index contributed by atoms with van der Waals surface area (Å²) in [6.07, 6.45) is 8.15. The van der Waals surface area contributed by atoms with E-state index >= 15 is 0 Å². The summed E-state index contributed by atoms with van der Waals surface area (Å²) < 4.78 is 8.09. The molecule has 2 fully saturated rings. The van der Waals surface area contributed by atoms with Crippen LogP contribution in [0.4, 0.5) is 0 Å². The Morgan fingerprint density at radius 3 is 3.12 bits per heavy atom. The predicted octanol–water partition coefficient (Wildman–Crippen LogP) is 1.73. The lowest BCUT2D eigenvalue weighted by atomic mass is 9.70. The van der Waals surface area contributed by atoms with Gasteiger partial charge in [0.1, 0.15) is 6.10 Å². The normalized spacial score (nSPS) is 27.7. The monoisotopic (exact) mass is 235 g/mol. The molecule has 1 atom stereocenters. The molecule has 1 unspecified atom stereocenters. The highest BCUT2D eigenvalue weighted by Crippen LogP contribution is 2.42. The summed E-state index contributed by atoms with van der Waals surface area (Å²) in [5.74, 6) is 0. The van der Waals surface area contributed by atoms with Crippen molar-refractivity contribution in [2.24, 2.45) is 5.41 Å². The second kappa shape index (κ2) is 4.42. The van der Waals surface area contributed by atoms with Gasteiger partial charge in [0.05, 0.1) is 24.8 Å². The lowest BCUT2D eigenvalue weighted by Gasteiger charge is -2.39. The Balaban J connectivity index is 1.73. The maximum Gasteiger partial charge on any atom is 0.111 e. The first kappa shape index (κ1) is 11.2. The Labute approximate surface area is 102 Å². The van der Waals surface area contributed by atoms with E-state index in [-0.39, 0.29) is 6.10 Å². The third kappa shape index (κ3) is 2.24. The summed E-state index contributed by atoms with van der Waals surface area (Å²) in [6.45, 7) is 6.13. The SMILES string of the molecule is CC1(Cn2cncc2C2CNCCO2)CCC1. The summed E-state index contributed by atoms with van der Waals surface area (Å²) >= 11 is 0. The van der Waals surface area contributed by atoms with Crippen LogP contribution in [0.1, 0.15) is 38.0 Å². The quantitative estimate of drug-likeness (QED) is 0.867. The van der Waals surface area contributed by atoms with Gasteiger partial charge in [-0.1, -0.05) is 13.3 Å². The van der Waals surface area contributed by atoms with Gasteiger partial charge in [0, 0.05) is 19.6 Å². The minimum atomic E-state index is 0.176. The van der Waals surface area contributed by atoms with E-state index in [1.807, 2.05) is 12.5 Å². The molecule has 4 nitrogen and oxygen atoms in total. The molecule has 1 saturated heterocycles. The zero-order valence-corrected chi connectivity index (χ0v) is 10.5. The number of morpholine rings is 1. The Morgan fingerprint density at radius 1 is 1.59 bits per heavy atom. The molecule has 4 heteroatoms. The van der Waals surface area contributed by atoms with Gasteiger partial charge in [-0.3, -0.25) is 0 Å². The summed E-state index contributed by atoms with van der Waals surface area (Å²) in [7, 11) is 0. The van der Waals surface area contributed by atoms with Crippen molar-refractivity contribution < 1.29 is 4.74 Å². The van der Waals surface area contributed by atoms with Crippen molar-refractivity contribution in [1.29, 1.82) is 0 Å². The molecule has 0 radical (unpaired) electrons. The Kier molecular flexibility index (Phi) is 2.92. The number of hydrogen-bond acceptors (Lipinski definition) is 3. The van der Waals surface area contributed by atoms with E-state index in [0.717, 1.165) is 26.2 Å². The Bertz CT molecular complexity index is 378. The number of imidazole rings is 1. The zero-order valence-electron chi connectivity index (χ0n) is 10.5. The minimum Gasteiger partial charge on any atom is -0.369 e. The van der Waals surface area contributed by atoms with E-state index in [4.69, 9.17) is 4.74 Å². The van der Waals surface area contributed by atoms with Gasteiger partial charge in [-0.25, -0.2) is 4.98 Å². The number of nitrogens with zero attached hydrogens (tertiary/aromatic N) is 2. The molecule has 1 N–H and O–H groups in total. The Morgan fingerprint density at radius 2 is 2.47 bits per heavy atom. The fourth-order valence-corrected chi connectivity index (χ4v) is 2.84. The summed E-state index contributed by atoms with van der Waals surface area (Å²) in [5.41, 5.74) is 1.71. The molecule has 1 aromatic heterocycles. The average molecular weight is 235 g/mol. The van der Waals surface area contributed by atoms with Crippen molar-refractivity contribution in [3.8, 4) is 0 Å². The molecule has 0 spiro atoms. The van der Waals surface area contributed by atoms with E-state index in [1.54, 1.807) is 0 Å². The second-order valence-electron chi connectivity index (χ2n) is 5.67. The van der Waals surface area contributed by atoms with E-state index in [0.29, 0.717) is 5.41 Å². The van der Waals surface area contributed by atoms with Crippen LogP contribution >= 0.6 is 0 Å². The van der Waals surface area contributed by atoms with Gasteiger partial charge in [-0.05, 0) is 18.3 Å². The number of ether oxygens (including phenoxy) is 1. The third-order valence-electron chi connectivity index (χ3n) is 4.11. The van der Waals surface area contributed by atoms with E-state index in [9.17, 15) is 0 Å². The van der Waals surface area contributed by atoms with Crippen molar-refractivity contribution in [3.63, 3.8) is 0 Å². The minimum absolute atomic E-state index is 0.176. The van der Waals surface area contributed by atoms with Gasteiger partial charge >= 0.3 is 0 Å². The van der Waals surface area contributed by atoms with Crippen LogP contribution < -0.4 is 5.32 Å². The second-order valence-corrected chi connectivity index (χ2v) is 5.67. The maximum atomic E-state index is 5.81. The maximum absolute atomic E-state index is 5.81. The summed E-state index contributed by atoms with van der Waals surface area (Å²) in [5, 5.41) is 3.38. The lowest BCUT2D eigenvalue weighted by molar-refractivity contribution is 0.0201. The molecule has 17 heavy (non-hydrogen) atoms. The zero-order chi connectivity index (χ0) is 11.7. The molecule has 1 aromatic rings. The smallest absolute Gasteiger partial charge is 0.111 e. The molecule has 0 bridgehead atoms. The molecule has 1 aliphatic carbocycles. The molecule has 0 amide bonds. The molecule has 2 heterocycles. The topological polar surface area (TPSA) is 39.1 Å². The fourth-order valence-electron chi connectivity index (χ4n) is 2.84. The predicted molar refractivity (Wildman–Crippen MR) is 65.7 cm³/mol. The molecule has 1 saturated carbocycles. The average Bonchev–Trinajstić information content (AvgIpc) is 2.76. The van der Waals surface area contributed by atoms with Gasteiger partial charge in [0.25, 0.3) is 0 Å². The Hall–Kier alpha value is -0.870. The lowest BCUT2D eigenvalue weighted by Crippen LogP contribution is -2.36. The van der Waals surface area contributed by atoms with Crippen LogP contribution in [0.3, 0.4) is 0 Å². The highest BCUT2D eigenvalue weighted by molar-refractivity contribution is 5.06. The van der Waals surface area contributed by atoms with E-state index < -0.39 is 0 Å². The van der Waals surface area contributed by atoms with Crippen molar-refractivity contribution in [2.75, 3.05) is 19.7 Å². The van der Waals surface area contributed by atoms with Crippen LogP contribution in [0.2, 0.25) is 0 Å². The molecule has 3 rings (SSSR count). The standard InChI is InChI=1S/C13H21N3O/c1-13(3-2-4-13)9-16-10-15-7-11(16)12-8-14-5-6-17-12/h7,10,12,14H,2-6,8-9H2,1H3. The number of rotatable bonds is 3. The van der Waals surface area contributed by atoms with Crippen LogP contribution in [-0.4, -0.2) is 29.2 Å². The first-order valence-electron chi connectivity index (χ1n) is 6.59. The van der Waals surface area contributed by atoms with Crippen LogP contribution in [0.15, 0.2) is 12.5 Å². The van der Waals surface area contributed by atoms with E-state index in [1.165, 1.54) is 25.0 Å². The van der Waals surface area contributed by atoms with Crippen molar-refractivity contribution in [1.82, 2.24) is 14.9 Å². The molecular weight excluding hydrogens is 214 g/mol. The van der Waals surface area contributed by atoms with Gasteiger partial charge in [0.15, 0.2) is 0 Å². The molecule has 94 valence electrons. The highest BCUT2D eigenvalue weighted by atomic mass is 16.5. The molecule has 0 aromatic carbocycles. The number of aromatic nitrogens is 2. The van der Waals surface area contributed by atoms with Crippen molar-refractivity contribution in [2.45, 2.75) is 38.8 Å². The van der Waals surface area contributed by atoms with Gasteiger partial charge in [-0.2, -0.15) is 0 Å². The van der Waals surface area contributed by atoms with Crippen LogP contribution in [0.25, 0.3) is 0 Å². The van der Waals surface area contributed by atoms with E-state index in [2.05, 4.69) is 21.8 Å². The summed E-state index contributed by atoms with van der Waals surface area (Å²) in [6, 6.07) is 0. The third-order valence-corrected chi connectivity index (χ3v) is 4.11. The molecular formula is C13H21N3O. The van der Waals surface area contributed by atoms with Crippen LogP contribution in [0, 0.1) is 5.41 Å².